The molecule has 0 spiro atoms. The van der Waals surface area contributed by atoms with Crippen LogP contribution in [-0.2, 0) is 0 Å². The van der Waals surface area contributed by atoms with Gasteiger partial charge in [-0.05, 0) is 13.8 Å². The van der Waals surface area contributed by atoms with Gasteiger partial charge in [0, 0.05) is 6.20 Å². The molecule has 0 unspecified atom stereocenters. The van der Waals surface area contributed by atoms with Crippen LogP contribution in [0.3, 0.4) is 0 Å². The van der Waals surface area contributed by atoms with E-state index >= 15 is 0 Å². The molecule has 0 saturated heterocycles. The van der Waals surface area contributed by atoms with Crippen LogP contribution in [0.4, 0.5) is 0 Å². The standard InChI is InChI=1S/C8H8ClN3/c1-5-4-12-7(3-10-5)11-6(2)8(12)9/h3-4H,1-2H3. The van der Waals surface area contributed by atoms with Gasteiger partial charge in [-0.2, -0.15) is 0 Å². The van der Waals surface area contributed by atoms with Gasteiger partial charge < -0.3 is 0 Å². The largest absolute Gasteiger partial charge is 0.287 e. The number of halogens is 1. The summed E-state index contributed by atoms with van der Waals surface area (Å²) in [4.78, 5) is 8.34. The number of nitrogens with zero attached hydrogens (tertiary/aromatic N) is 3. The van der Waals surface area contributed by atoms with Crippen molar-refractivity contribution in [2.45, 2.75) is 13.8 Å². The highest BCUT2D eigenvalue weighted by Gasteiger charge is 2.05. The van der Waals surface area contributed by atoms with Crippen LogP contribution >= 0.6 is 11.6 Å². The second-order valence-corrected chi connectivity index (χ2v) is 3.10. The summed E-state index contributed by atoms with van der Waals surface area (Å²) in [6.07, 6.45) is 3.59. The molecule has 0 bridgehead atoms. The third kappa shape index (κ3) is 0.975. The van der Waals surface area contributed by atoms with Gasteiger partial charge >= 0.3 is 0 Å². The zero-order valence-corrected chi connectivity index (χ0v) is 7.63. The Hall–Kier alpha value is -1.09. The molecular weight excluding hydrogens is 174 g/mol. The summed E-state index contributed by atoms with van der Waals surface area (Å²) in [5.41, 5.74) is 2.56. The van der Waals surface area contributed by atoms with Crippen LogP contribution in [0.25, 0.3) is 5.65 Å². The van der Waals surface area contributed by atoms with E-state index in [9.17, 15) is 0 Å². The molecule has 2 rings (SSSR count). The van der Waals surface area contributed by atoms with Gasteiger partial charge in [0.15, 0.2) is 5.65 Å². The van der Waals surface area contributed by atoms with Crippen molar-refractivity contribution in [3.8, 4) is 0 Å². The fourth-order valence-corrected chi connectivity index (χ4v) is 1.32. The second-order valence-electron chi connectivity index (χ2n) is 2.74. The minimum Gasteiger partial charge on any atom is -0.287 e. The van der Waals surface area contributed by atoms with Crippen molar-refractivity contribution in [1.82, 2.24) is 14.4 Å². The van der Waals surface area contributed by atoms with Gasteiger partial charge in [0.05, 0.1) is 17.6 Å². The van der Waals surface area contributed by atoms with E-state index in [1.54, 1.807) is 6.20 Å². The molecule has 0 aliphatic rings. The van der Waals surface area contributed by atoms with E-state index in [4.69, 9.17) is 11.6 Å². The molecule has 4 heteroatoms. The molecule has 0 saturated carbocycles. The van der Waals surface area contributed by atoms with Crippen LogP contribution < -0.4 is 0 Å². The van der Waals surface area contributed by atoms with E-state index in [0.29, 0.717) is 5.15 Å². The van der Waals surface area contributed by atoms with E-state index in [1.807, 2.05) is 24.4 Å². The van der Waals surface area contributed by atoms with Crippen LogP contribution in [0.5, 0.6) is 0 Å². The lowest BCUT2D eigenvalue weighted by molar-refractivity contribution is 1.07. The lowest BCUT2D eigenvalue weighted by atomic mass is 10.5. The average Bonchev–Trinajstić information content (AvgIpc) is 2.31. The molecule has 0 radical (unpaired) electrons. The molecule has 2 aromatic rings. The molecule has 0 aliphatic carbocycles. The molecule has 62 valence electrons. The van der Waals surface area contributed by atoms with Gasteiger partial charge in [0.1, 0.15) is 5.15 Å². The number of hydrogen-bond donors (Lipinski definition) is 0. The molecule has 0 atom stereocenters. The Labute approximate surface area is 75.0 Å². The summed E-state index contributed by atoms with van der Waals surface area (Å²) >= 11 is 5.99. The van der Waals surface area contributed by atoms with Crippen LogP contribution in [0.1, 0.15) is 11.4 Å². The zero-order chi connectivity index (χ0) is 8.72. The maximum absolute atomic E-state index is 5.99. The Bertz CT molecular complexity index is 433. The second kappa shape index (κ2) is 2.45. The minimum atomic E-state index is 0.663. The normalized spacial score (nSPS) is 10.9. The van der Waals surface area contributed by atoms with Crippen molar-refractivity contribution in [2.75, 3.05) is 0 Å². The van der Waals surface area contributed by atoms with E-state index < -0.39 is 0 Å². The van der Waals surface area contributed by atoms with Crippen LogP contribution in [0.2, 0.25) is 5.15 Å². The number of hydrogen-bond acceptors (Lipinski definition) is 2. The fraction of sp³-hybridized carbons (Fsp3) is 0.250. The summed E-state index contributed by atoms with van der Waals surface area (Å²) in [6.45, 7) is 3.80. The first-order chi connectivity index (χ1) is 5.68. The molecule has 2 heterocycles. The molecule has 0 fully saturated rings. The Balaban J connectivity index is 2.88. The third-order valence-corrected chi connectivity index (χ3v) is 2.19. The van der Waals surface area contributed by atoms with Crippen LogP contribution in [0, 0.1) is 13.8 Å². The van der Waals surface area contributed by atoms with Crippen molar-refractivity contribution in [2.24, 2.45) is 0 Å². The number of aromatic nitrogens is 3. The molecule has 3 nitrogen and oxygen atoms in total. The van der Waals surface area contributed by atoms with E-state index in [-0.39, 0.29) is 0 Å². The number of imidazole rings is 1. The highest BCUT2D eigenvalue weighted by Crippen LogP contribution is 2.16. The van der Waals surface area contributed by atoms with E-state index in [0.717, 1.165) is 17.0 Å². The van der Waals surface area contributed by atoms with Gasteiger partial charge in [-0.1, -0.05) is 11.6 Å². The van der Waals surface area contributed by atoms with Crippen LogP contribution in [0.15, 0.2) is 12.4 Å². The average molecular weight is 182 g/mol. The highest BCUT2D eigenvalue weighted by atomic mass is 35.5. The van der Waals surface area contributed by atoms with Crippen LogP contribution in [-0.4, -0.2) is 14.4 Å². The topological polar surface area (TPSA) is 30.2 Å². The third-order valence-electron chi connectivity index (χ3n) is 1.74. The first kappa shape index (κ1) is 7.55. The molecule has 0 aliphatic heterocycles. The van der Waals surface area contributed by atoms with Crippen molar-refractivity contribution in [3.63, 3.8) is 0 Å². The minimum absolute atomic E-state index is 0.663. The summed E-state index contributed by atoms with van der Waals surface area (Å²) in [5, 5.41) is 0.663. The maximum Gasteiger partial charge on any atom is 0.156 e. The number of rotatable bonds is 0. The lowest BCUT2D eigenvalue weighted by Gasteiger charge is -1.94. The first-order valence-corrected chi connectivity index (χ1v) is 4.03. The van der Waals surface area contributed by atoms with Crippen molar-refractivity contribution in [3.05, 3.63) is 28.9 Å². The predicted molar refractivity (Wildman–Crippen MR) is 47.5 cm³/mol. The summed E-state index contributed by atoms with van der Waals surface area (Å²) in [7, 11) is 0. The lowest BCUT2D eigenvalue weighted by Crippen LogP contribution is -1.88. The fourth-order valence-electron chi connectivity index (χ4n) is 1.14. The molecule has 12 heavy (non-hydrogen) atoms. The molecular formula is C8H8ClN3. The molecule has 0 amide bonds. The number of aryl methyl sites for hydroxylation is 2. The maximum atomic E-state index is 5.99. The van der Waals surface area contributed by atoms with Gasteiger partial charge in [0.2, 0.25) is 0 Å². The monoisotopic (exact) mass is 181 g/mol. The Kier molecular flexibility index (Phi) is 1.54. The smallest absolute Gasteiger partial charge is 0.156 e. The Morgan fingerprint density at radius 3 is 2.92 bits per heavy atom. The summed E-state index contributed by atoms with van der Waals surface area (Å²) in [6, 6.07) is 0. The SMILES string of the molecule is Cc1cn2c(Cl)c(C)nc2cn1. The molecule has 0 aromatic carbocycles. The summed E-state index contributed by atoms with van der Waals surface area (Å²) < 4.78 is 1.83. The predicted octanol–water partition coefficient (Wildman–Crippen LogP) is 2.00. The van der Waals surface area contributed by atoms with Crippen molar-refractivity contribution >= 4 is 17.2 Å². The van der Waals surface area contributed by atoms with E-state index in [1.165, 1.54) is 0 Å². The molecule has 0 N–H and O–H groups in total. The Morgan fingerprint density at radius 2 is 2.17 bits per heavy atom. The zero-order valence-electron chi connectivity index (χ0n) is 6.87. The highest BCUT2D eigenvalue weighted by molar-refractivity contribution is 6.30. The molecule has 2 aromatic heterocycles. The van der Waals surface area contributed by atoms with Crippen molar-refractivity contribution < 1.29 is 0 Å². The van der Waals surface area contributed by atoms with Gasteiger partial charge in [-0.25, -0.2) is 4.98 Å². The van der Waals surface area contributed by atoms with Gasteiger partial charge in [-0.15, -0.1) is 0 Å². The Morgan fingerprint density at radius 1 is 1.42 bits per heavy atom. The van der Waals surface area contributed by atoms with Gasteiger partial charge in [0.25, 0.3) is 0 Å². The van der Waals surface area contributed by atoms with Crippen molar-refractivity contribution in [1.29, 1.82) is 0 Å². The number of fused-ring (bicyclic) bond motifs is 1. The summed E-state index contributed by atoms with van der Waals surface area (Å²) in [5.74, 6) is 0. The first-order valence-electron chi connectivity index (χ1n) is 3.65. The van der Waals surface area contributed by atoms with Gasteiger partial charge in [-0.3, -0.25) is 9.38 Å². The van der Waals surface area contributed by atoms with E-state index in [2.05, 4.69) is 9.97 Å². The quantitative estimate of drug-likeness (QED) is 0.622.